The summed E-state index contributed by atoms with van der Waals surface area (Å²) in [6.07, 6.45) is 1.11. The van der Waals surface area contributed by atoms with E-state index in [0.717, 1.165) is 30.8 Å². The Morgan fingerprint density at radius 2 is 2.10 bits per heavy atom. The van der Waals surface area contributed by atoms with Gasteiger partial charge in [-0.05, 0) is 36.7 Å². The maximum absolute atomic E-state index is 5.92. The number of aromatic nitrogens is 2. The highest BCUT2D eigenvalue weighted by atomic mass is 35.5. The van der Waals surface area contributed by atoms with Gasteiger partial charge in [-0.2, -0.15) is 5.10 Å². The number of nitrogens with zero attached hydrogens (tertiary/aromatic N) is 2. The van der Waals surface area contributed by atoms with Gasteiger partial charge in [0.1, 0.15) is 6.61 Å². The van der Waals surface area contributed by atoms with Gasteiger partial charge in [-0.25, -0.2) is 0 Å². The molecule has 1 aromatic heterocycles. The van der Waals surface area contributed by atoms with Crippen molar-refractivity contribution in [2.45, 2.75) is 26.5 Å². The first-order valence-electron chi connectivity index (χ1n) is 6.68. The second kappa shape index (κ2) is 7.82. The van der Waals surface area contributed by atoms with Crippen molar-refractivity contribution in [3.63, 3.8) is 0 Å². The second-order valence-corrected chi connectivity index (χ2v) is 4.89. The van der Waals surface area contributed by atoms with Crippen LogP contribution in [0.2, 0.25) is 5.02 Å². The van der Waals surface area contributed by atoms with Crippen LogP contribution in [0.4, 0.5) is 0 Å². The predicted molar refractivity (Wildman–Crippen MR) is 79.8 cm³/mol. The van der Waals surface area contributed by atoms with E-state index in [0.29, 0.717) is 17.5 Å². The molecule has 5 heteroatoms. The van der Waals surface area contributed by atoms with Gasteiger partial charge in [0.25, 0.3) is 0 Å². The minimum absolute atomic E-state index is 0.433. The monoisotopic (exact) mass is 291 g/mol. The lowest BCUT2D eigenvalue weighted by molar-refractivity contribution is 0.289. The van der Waals surface area contributed by atoms with Crippen molar-refractivity contribution in [2.24, 2.45) is 0 Å². The Kier molecular flexibility index (Phi) is 5.77. The summed E-state index contributed by atoms with van der Waals surface area (Å²) in [6.45, 7) is 4.28. The van der Waals surface area contributed by atoms with Crippen LogP contribution < -0.4 is 10.1 Å². The summed E-state index contributed by atoms with van der Waals surface area (Å²) >= 11 is 5.92. The van der Waals surface area contributed by atoms with Crippen LogP contribution in [0.5, 0.6) is 5.88 Å². The zero-order valence-corrected chi connectivity index (χ0v) is 12.2. The molecule has 20 heavy (non-hydrogen) atoms. The van der Waals surface area contributed by atoms with E-state index in [9.17, 15) is 0 Å². The number of hydrogen-bond acceptors (Lipinski definition) is 4. The fraction of sp³-hybridized carbons (Fsp3) is 0.333. The number of nitrogens with one attached hydrogen (secondary N) is 1. The molecule has 2 aromatic rings. The van der Waals surface area contributed by atoms with Gasteiger partial charge in [0, 0.05) is 17.6 Å². The highest BCUT2D eigenvalue weighted by Crippen LogP contribution is 2.13. The fourth-order valence-corrected chi connectivity index (χ4v) is 1.91. The van der Waals surface area contributed by atoms with Gasteiger partial charge in [0.2, 0.25) is 5.88 Å². The largest absolute Gasteiger partial charge is 0.472 e. The molecular weight excluding hydrogens is 274 g/mol. The number of hydrogen-bond donors (Lipinski definition) is 1. The predicted octanol–water partition coefficient (Wildman–Crippen LogP) is 3.21. The van der Waals surface area contributed by atoms with Gasteiger partial charge < -0.3 is 10.1 Å². The summed E-state index contributed by atoms with van der Waals surface area (Å²) in [4.78, 5) is 0. The van der Waals surface area contributed by atoms with Crippen LogP contribution in [0.15, 0.2) is 36.4 Å². The van der Waals surface area contributed by atoms with E-state index in [1.807, 2.05) is 36.4 Å². The highest BCUT2D eigenvalue weighted by Gasteiger charge is 2.00. The van der Waals surface area contributed by atoms with Crippen molar-refractivity contribution in [1.82, 2.24) is 15.5 Å². The summed E-state index contributed by atoms with van der Waals surface area (Å²) in [5, 5.41) is 12.1. The molecule has 1 aromatic carbocycles. The molecule has 2 rings (SSSR count). The van der Waals surface area contributed by atoms with Gasteiger partial charge in [-0.15, -0.1) is 5.10 Å². The van der Waals surface area contributed by atoms with Crippen molar-refractivity contribution in [3.8, 4) is 5.88 Å². The van der Waals surface area contributed by atoms with Crippen LogP contribution in [-0.2, 0) is 13.2 Å². The van der Waals surface area contributed by atoms with E-state index in [1.165, 1.54) is 0 Å². The molecule has 0 aliphatic rings. The molecule has 1 heterocycles. The number of benzene rings is 1. The van der Waals surface area contributed by atoms with Crippen molar-refractivity contribution in [2.75, 3.05) is 6.54 Å². The molecule has 0 amide bonds. The lowest BCUT2D eigenvalue weighted by Crippen LogP contribution is -2.15. The average Bonchev–Trinajstić information content (AvgIpc) is 2.47. The summed E-state index contributed by atoms with van der Waals surface area (Å²) < 4.78 is 5.58. The Labute approximate surface area is 124 Å². The molecule has 0 aliphatic carbocycles. The number of rotatable bonds is 7. The summed E-state index contributed by atoms with van der Waals surface area (Å²) in [5.74, 6) is 0.518. The minimum atomic E-state index is 0.433. The maximum atomic E-state index is 5.92. The molecule has 0 fully saturated rings. The molecule has 0 unspecified atom stereocenters. The molecular formula is C15H18ClN3O. The Balaban J connectivity index is 1.84. The van der Waals surface area contributed by atoms with Gasteiger partial charge in [0.05, 0.1) is 5.69 Å². The standard InChI is InChI=1S/C15H18ClN3O/c1-2-8-17-10-14-6-7-15(19-18-14)20-11-12-4-3-5-13(16)9-12/h3-7,9,17H,2,8,10-11H2,1H3. The van der Waals surface area contributed by atoms with E-state index in [4.69, 9.17) is 16.3 Å². The molecule has 0 aliphatic heterocycles. The van der Waals surface area contributed by atoms with Crippen molar-refractivity contribution in [3.05, 3.63) is 52.7 Å². The molecule has 0 bridgehead atoms. The van der Waals surface area contributed by atoms with Crippen molar-refractivity contribution < 1.29 is 4.74 Å². The lowest BCUT2D eigenvalue weighted by Gasteiger charge is -2.06. The molecule has 1 N–H and O–H groups in total. The third kappa shape index (κ3) is 4.79. The maximum Gasteiger partial charge on any atom is 0.233 e. The van der Waals surface area contributed by atoms with E-state index >= 15 is 0 Å². The molecule has 0 atom stereocenters. The molecule has 106 valence electrons. The Morgan fingerprint density at radius 3 is 2.80 bits per heavy atom. The van der Waals surface area contributed by atoms with E-state index in [1.54, 1.807) is 0 Å². The Hall–Kier alpha value is -1.65. The molecule has 0 radical (unpaired) electrons. The first-order valence-corrected chi connectivity index (χ1v) is 7.06. The Bertz CT molecular complexity index is 531. The van der Waals surface area contributed by atoms with Crippen LogP contribution in [0.1, 0.15) is 24.6 Å². The Morgan fingerprint density at radius 1 is 1.20 bits per heavy atom. The molecule has 4 nitrogen and oxygen atoms in total. The topological polar surface area (TPSA) is 47.0 Å². The third-order valence-corrected chi connectivity index (χ3v) is 2.94. The van der Waals surface area contributed by atoms with Gasteiger partial charge in [-0.3, -0.25) is 0 Å². The SMILES string of the molecule is CCCNCc1ccc(OCc2cccc(Cl)c2)nn1. The quantitative estimate of drug-likeness (QED) is 0.796. The van der Waals surface area contributed by atoms with Gasteiger partial charge in [-0.1, -0.05) is 30.7 Å². The first kappa shape index (κ1) is 14.8. The molecule has 0 saturated carbocycles. The average molecular weight is 292 g/mol. The fourth-order valence-electron chi connectivity index (χ4n) is 1.70. The van der Waals surface area contributed by atoms with Gasteiger partial charge >= 0.3 is 0 Å². The zero-order chi connectivity index (χ0) is 14.2. The van der Waals surface area contributed by atoms with Crippen LogP contribution in [0.25, 0.3) is 0 Å². The zero-order valence-electron chi connectivity index (χ0n) is 11.5. The van der Waals surface area contributed by atoms with Crippen molar-refractivity contribution in [1.29, 1.82) is 0 Å². The second-order valence-electron chi connectivity index (χ2n) is 4.46. The normalized spacial score (nSPS) is 10.5. The minimum Gasteiger partial charge on any atom is -0.472 e. The summed E-state index contributed by atoms with van der Waals surface area (Å²) in [5.41, 5.74) is 1.92. The van der Waals surface area contributed by atoms with E-state index < -0.39 is 0 Å². The van der Waals surface area contributed by atoms with E-state index in [-0.39, 0.29) is 0 Å². The molecule has 0 saturated heterocycles. The summed E-state index contributed by atoms with van der Waals surface area (Å²) in [7, 11) is 0. The van der Waals surface area contributed by atoms with Crippen LogP contribution in [0, 0.1) is 0 Å². The highest BCUT2D eigenvalue weighted by molar-refractivity contribution is 6.30. The smallest absolute Gasteiger partial charge is 0.233 e. The molecule has 0 spiro atoms. The van der Waals surface area contributed by atoms with Crippen LogP contribution >= 0.6 is 11.6 Å². The van der Waals surface area contributed by atoms with Gasteiger partial charge in [0.15, 0.2) is 0 Å². The van der Waals surface area contributed by atoms with Crippen LogP contribution in [0.3, 0.4) is 0 Å². The number of halogens is 1. The first-order chi connectivity index (χ1) is 9.78. The third-order valence-electron chi connectivity index (χ3n) is 2.70. The van der Waals surface area contributed by atoms with E-state index in [2.05, 4.69) is 22.4 Å². The van der Waals surface area contributed by atoms with Crippen LogP contribution in [-0.4, -0.2) is 16.7 Å². The number of ether oxygens (including phenoxy) is 1. The summed E-state index contributed by atoms with van der Waals surface area (Å²) in [6, 6.07) is 11.3. The lowest BCUT2D eigenvalue weighted by atomic mass is 10.2. The van der Waals surface area contributed by atoms with Crippen molar-refractivity contribution >= 4 is 11.6 Å².